The van der Waals surface area contributed by atoms with Gasteiger partial charge in [-0.3, -0.25) is 0 Å². The van der Waals surface area contributed by atoms with Crippen molar-refractivity contribution >= 4 is 6.03 Å². The Balaban J connectivity index is 1.53. The molecule has 1 aromatic carbocycles. The number of nitrogens with one attached hydrogen (secondary N) is 1. The molecule has 0 radical (unpaired) electrons. The highest BCUT2D eigenvalue weighted by molar-refractivity contribution is 5.76. The average molecular weight is 426 g/mol. The van der Waals surface area contributed by atoms with Crippen molar-refractivity contribution in [2.75, 3.05) is 20.6 Å². The van der Waals surface area contributed by atoms with Gasteiger partial charge in [0.2, 0.25) is 0 Å². The van der Waals surface area contributed by atoms with Crippen molar-refractivity contribution in [3.05, 3.63) is 58.9 Å². The Bertz CT molecular complexity index is 839. The van der Waals surface area contributed by atoms with E-state index >= 15 is 0 Å². The molecule has 1 N–H and O–H groups in total. The Hall–Kier alpha value is -2.14. The van der Waals surface area contributed by atoms with E-state index in [4.69, 9.17) is 0 Å². The molecule has 0 saturated heterocycles. The maximum atomic E-state index is 13.6. The van der Waals surface area contributed by atoms with E-state index in [1.165, 1.54) is 42.5 Å². The molecule has 0 bridgehead atoms. The molecule has 2 aliphatic carbocycles. The molecule has 2 amide bonds. The zero-order valence-corrected chi connectivity index (χ0v) is 19.1. The van der Waals surface area contributed by atoms with Crippen LogP contribution < -0.4 is 5.32 Å². The Morgan fingerprint density at radius 2 is 1.97 bits per heavy atom. The lowest BCUT2D eigenvalue weighted by molar-refractivity contribution is 0.130. The molecule has 1 aliphatic heterocycles. The fourth-order valence-electron chi connectivity index (χ4n) is 5.22. The third-order valence-electron chi connectivity index (χ3n) is 7.27. The predicted octanol–water partition coefficient (Wildman–Crippen LogP) is 5.44. The molecule has 1 heterocycles. The van der Waals surface area contributed by atoms with E-state index in [0.717, 1.165) is 31.2 Å². The van der Waals surface area contributed by atoms with Crippen LogP contribution in [0.4, 0.5) is 9.18 Å². The Morgan fingerprint density at radius 1 is 1.23 bits per heavy atom. The van der Waals surface area contributed by atoms with Crippen molar-refractivity contribution in [1.82, 2.24) is 15.1 Å². The average Bonchev–Trinajstić information content (AvgIpc) is 2.73. The number of nitrogens with zero attached hydrogens (tertiary/aromatic N) is 2. The maximum Gasteiger partial charge on any atom is 0.318 e. The van der Waals surface area contributed by atoms with Crippen LogP contribution in [0.3, 0.4) is 0 Å². The van der Waals surface area contributed by atoms with Gasteiger partial charge in [0.25, 0.3) is 0 Å². The minimum atomic E-state index is -0.243. The predicted molar refractivity (Wildman–Crippen MR) is 123 cm³/mol. The van der Waals surface area contributed by atoms with Crippen molar-refractivity contribution in [2.24, 2.45) is 5.92 Å². The summed E-state index contributed by atoms with van der Waals surface area (Å²) in [5.41, 5.74) is 3.69. The van der Waals surface area contributed by atoms with Gasteiger partial charge in [-0.1, -0.05) is 49.6 Å². The van der Waals surface area contributed by atoms with Crippen LogP contribution >= 0.6 is 0 Å². The van der Waals surface area contributed by atoms with Gasteiger partial charge >= 0.3 is 6.03 Å². The molecule has 3 aliphatic rings. The van der Waals surface area contributed by atoms with Crippen LogP contribution in [0.1, 0.15) is 63.5 Å². The Kier molecular flexibility index (Phi) is 6.80. The van der Waals surface area contributed by atoms with E-state index in [1.807, 2.05) is 17.0 Å². The van der Waals surface area contributed by atoms with Crippen LogP contribution in [0.25, 0.3) is 0 Å². The second-order valence-electron chi connectivity index (χ2n) is 9.66. The van der Waals surface area contributed by atoms with Gasteiger partial charge in [0.05, 0.1) is 6.04 Å². The first-order valence-corrected chi connectivity index (χ1v) is 11.9. The molecule has 1 unspecified atom stereocenters. The van der Waals surface area contributed by atoms with Gasteiger partial charge in [-0.15, -0.1) is 0 Å². The number of hydrogen-bond acceptors (Lipinski definition) is 2. The van der Waals surface area contributed by atoms with Crippen LogP contribution in [0.2, 0.25) is 0 Å². The zero-order chi connectivity index (χ0) is 22.0. The first-order chi connectivity index (χ1) is 15.0. The highest BCUT2D eigenvalue weighted by Crippen LogP contribution is 2.42. The van der Waals surface area contributed by atoms with Crippen molar-refractivity contribution in [3.63, 3.8) is 0 Å². The van der Waals surface area contributed by atoms with Crippen molar-refractivity contribution in [3.8, 4) is 0 Å². The molecule has 1 fully saturated rings. The molecule has 1 aromatic rings. The standard InChI is InChI=1S/C26H36FN3O/c1-4-5-6-18-7-12-24-20(15-18)13-14-30(25(24)19-8-10-21(27)11-9-19)26(31)28-22-16-23(17-22)29(2)3/h7-12,18,22-23,25H,4-6,13-17H2,1-3H3,(H,28,31)/t18?,22?,23?,25-/m0/s1. The van der Waals surface area contributed by atoms with E-state index in [0.29, 0.717) is 18.5 Å². The molecule has 31 heavy (non-hydrogen) atoms. The lowest BCUT2D eigenvalue weighted by Crippen LogP contribution is -2.56. The van der Waals surface area contributed by atoms with Crippen LogP contribution in [0, 0.1) is 11.7 Å². The number of benzene rings is 1. The van der Waals surface area contributed by atoms with Crippen LogP contribution in [-0.4, -0.2) is 48.6 Å². The third kappa shape index (κ3) is 4.87. The fraction of sp³-hybridized carbons (Fsp3) is 0.577. The highest BCUT2D eigenvalue weighted by Gasteiger charge is 2.37. The summed E-state index contributed by atoms with van der Waals surface area (Å²) in [6.45, 7) is 2.95. The van der Waals surface area contributed by atoms with Crippen molar-refractivity contribution < 1.29 is 9.18 Å². The normalized spacial score (nSPS) is 27.8. The molecule has 4 nitrogen and oxygen atoms in total. The van der Waals surface area contributed by atoms with Gasteiger partial charge in [-0.2, -0.15) is 0 Å². The number of hydrogen-bond donors (Lipinski definition) is 1. The largest absolute Gasteiger partial charge is 0.335 e. The summed E-state index contributed by atoms with van der Waals surface area (Å²) in [4.78, 5) is 17.5. The summed E-state index contributed by atoms with van der Waals surface area (Å²) in [5, 5.41) is 3.25. The minimum absolute atomic E-state index is 0.00425. The number of rotatable bonds is 6. The number of amides is 2. The SMILES string of the molecule is CCCCC1C=CC2=C(CCN(C(=O)NC3CC(N(C)C)C3)[C@H]2c2ccc(F)cc2)C1. The van der Waals surface area contributed by atoms with Gasteiger partial charge in [0, 0.05) is 18.6 Å². The minimum Gasteiger partial charge on any atom is -0.335 e. The van der Waals surface area contributed by atoms with E-state index in [-0.39, 0.29) is 23.9 Å². The third-order valence-corrected chi connectivity index (χ3v) is 7.27. The Morgan fingerprint density at radius 3 is 2.65 bits per heavy atom. The lowest BCUT2D eigenvalue weighted by atomic mass is 9.79. The molecule has 4 rings (SSSR count). The summed E-state index contributed by atoms with van der Waals surface area (Å²) in [5.74, 6) is 0.360. The van der Waals surface area contributed by atoms with E-state index in [9.17, 15) is 9.18 Å². The number of allylic oxidation sites excluding steroid dienone is 1. The van der Waals surface area contributed by atoms with E-state index < -0.39 is 0 Å². The summed E-state index contributed by atoms with van der Waals surface area (Å²) in [6, 6.07) is 7.33. The summed E-state index contributed by atoms with van der Waals surface area (Å²) < 4.78 is 13.6. The van der Waals surface area contributed by atoms with Crippen molar-refractivity contribution in [2.45, 2.75) is 70.0 Å². The first kappa shape index (κ1) is 22.1. The molecule has 0 spiro atoms. The van der Waals surface area contributed by atoms with Gasteiger partial charge in [-0.25, -0.2) is 9.18 Å². The van der Waals surface area contributed by atoms with Crippen LogP contribution in [-0.2, 0) is 0 Å². The second-order valence-corrected chi connectivity index (χ2v) is 9.66. The molecule has 5 heteroatoms. The molecular weight excluding hydrogens is 389 g/mol. The highest BCUT2D eigenvalue weighted by atomic mass is 19.1. The van der Waals surface area contributed by atoms with Gasteiger partial charge in [0.15, 0.2) is 0 Å². The van der Waals surface area contributed by atoms with Crippen LogP contribution in [0.15, 0.2) is 47.6 Å². The lowest BCUT2D eigenvalue weighted by Gasteiger charge is -2.44. The van der Waals surface area contributed by atoms with Crippen LogP contribution in [0.5, 0.6) is 0 Å². The zero-order valence-electron chi connectivity index (χ0n) is 19.1. The molecule has 168 valence electrons. The fourth-order valence-corrected chi connectivity index (χ4v) is 5.22. The Labute approximate surface area is 186 Å². The summed E-state index contributed by atoms with van der Waals surface area (Å²) in [6.07, 6.45) is 12.3. The number of halogens is 1. The number of unbranched alkanes of at least 4 members (excludes halogenated alkanes) is 1. The summed E-state index contributed by atoms with van der Waals surface area (Å²) in [7, 11) is 4.18. The second kappa shape index (κ2) is 9.56. The molecular formula is C26H36FN3O. The first-order valence-electron chi connectivity index (χ1n) is 11.9. The topological polar surface area (TPSA) is 35.6 Å². The number of urea groups is 1. The van der Waals surface area contributed by atoms with E-state index in [1.54, 1.807) is 0 Å². The van der Waals surface area contributed by atoms with Gasteiger partial charge in [-0.05, 0) is 75.4 Å². The number of carbonyl (C=O) groups is 1. The molecule has 2 atom stereocenters. The molecule has 0 aromatic heterocycles. The smallest absolute Gasteiger partial charge is 0.318 e. The summed E-state index contributed by atoms with van der Waals surface area (Å²) >= 11 is 0. The van der Waals surface area contributed by atoms with Crippen molar-refractivity contribution in [1.29, 1.82) is 0 Å². The monoisotopic (exact) mass is 425 g/mol. The number of carbonyl (C=O) groups excluding carboxylic acids is 1. The van der Waals surface area contributed by atoms with E-state index in [2.05, 4.69) is 43.4 Å². The molecule has 1 saturated carbocycles. The van der Waals surface area contributed by atoms with Gasteiger partial charge < -0.3 is 15.1 Å². The maximum absolute atomic E-state index is 13.6. The quantitative estimate of drug-likeness (QED) is 0.659. The van der Waals surface area contributed by atoms with Gasteiger partial charge in [0.1, 0.15) is 5.82 Å².